The lowest BCUT2D eigenvalue weighted by Gasteiger charge is -2.23. The number of allylic oxidation sites excluding steroid dienone is 2. The minimum absolute atomic E-state index is 0.128. The molecule has 4 N–H and O–H groups in total. The first-order chi connectivity index (χ1) is 13.9. The number of halogens is 1. The van der Waals surface area contributed by atoms with Crippen molar-refractivity contribution in [3.05, 3.63) is 47.0 Å². The van der Waals surface area contributed by atoms with Gasteiger partial charge in [-0.1, -0.05) is 35.9 Å². The van der Waals surface area contributed by atoms with Crippen LogP contribution in [0.2, 0.25) is 5.02 Å². The predicted octanol–water partition coefficient (Wildman–Crippen LogP) is 3.29. The molecule has 8 heteroatoms. The lowest BCUT2D eigenvalue weighted by molar-refractivity contribution is -0.137. The van der Waals surface area contributed by atoms with E-state index in [0.717, 1.165) is 5.56 Å². The van der Waals surface area contributed by atoms with Crippen molar-refractivity contribution in [1.82, 2.24) is 5.32 Å². The van der Waals surface area contributed by atoms with Crippen molar-refractivity contribution in [2.75, 3.05) is 6.61 Å². The molecule has 1 aromatic carbocycles. The second-order valence-corrected chi connectivity index (χ2v) is 8.08. The van der Waals surface area contributed by atoms with Gasteiger partial charge in [0.2, 0.25) is 0 Å². The van der Waals surface area contributed by atoms with Crippen molar-refractivity contribution < 1.29 is 24.9 Å². The van der Waals surface area contributed by atoms with Crippen molar-refractivity contribution in [3.8, 4) is 0 Å². The fourth-order valence-corrected chi connectivity index (χ4v) is 3.87. The summed E-state index contributed by atoms with van der Waals surface area (Å²) in [5.74, 6) is -1.15. The maximum Gasteiger partial charge on any atom is 0.303 e. The molecule has 0 heterocycles. The van der Waals surface area contributed by atoms with Gasteiger partial charge in [-0.15, -0.1) is 0 Å². The van der Waals surface area contributed by atoms with E-state index in [4.69, 9.17) is 33.7 Å². The normalized spacial score (nSPS) is 24.0. The number of hydrogen-bond acceptors (Lipinski definition) is 5. The van der Waals surface area contributed by atoms with Crippen molar-refractivity contribution in [3.63, 3.8) is 0 Å². The topological polar surface area (TPSA) is 99.0 Å². The van der Waals surface area contributed by atoms with Crippen LogP contribution in [0.4, 0.5) is 0 Å². The molecule has 0 aliphatic heterocycles. The van der Waals surface area contributed by atoms with Gasteiger partial charge in [0.05, 0.1) is 18.8 Å². The van der Waals surface area contributed by atoms with E-state index in [2.05, 4.69) is 5.32 Å². The van der Waals surface area contributed by atoms with Crippen LogP contribution in [0.15, 0.2) is 36.4 Å². The minimum atomic E-state index is -0.801. The highest BCUT2D eigenvalue weighted by molar-refractivity contribution is 7.80. The molecule has 1 aromatic rings. The Labute approximate surface area is 181 Å². The highest BCUT2D eigenvalue weighted by atomic mass is 35.5. The molecule has 6 nitrogen and oxygen atoms in total. The van der Waals surface area contributed by atoms with E-state index >= 15 is 0 Å². The van der Waals surface area contributed by atoms with Gasteiger partial charge < -0.3 is 25.4 Å². The third-order valence-corrected chi connectivity index (χ3v) is 5.59. The van der Waals surface area contributed by atoms with E-state index in [1.165, 1.54) is 0 Å². The molecule has 0 amide bonds. The Morgan fingerprint density at radius 3 is 2.76 bits per heavy atom. The maximum atomic E-state index is 10.5. The Balaban J connectivity index is 1.76. The van der Waals surface area contributed by atoms with Gasteiger partial charge in [0.15, 0.2) is 0 Å². The lowest BCUT2D eigenvalue weighted by atomic mass is 9.91. The first-order valence-electron chi connectivity index (χ1n) is 9.74. The molecular formula is C21H28ClNO5S. The number of rotatable bonds is 10. The van der Waals surface area contributed by atoms with Gasteiger partial charge in [-0.2, -0.15) is 0 Å². The predicted molar refractivity (Wildman–Crippen MR) is 116 cm³/mol. The summed E-state index contributed by atoms with van der Waals surface area (Å²) < 4.78 is 5.63. The number of aliphatic hydroxyl groups excluding tert-OH is 2. The third-order valence-electron chi connectivity index (χ3n) is 5.09. The van der Waals surface area contributed by atoms with Gasteiger partial charge >= 0.3 is 5.97 Å². The van der Waals surface area contributed by atoms with E-state index in [1.54, 1.807) is 6.07 Å². The third kappa shape index (κ3) is 8.30. The van der Waals surface area contributed by atoms with Gasteiger partial charge in [-0.3, -0.25) is 4.79 Å². The monoisotopic (exact) mass is 441 g/mol. The van der Waals surface area contributed by atoms with Crippen molar-refractivity contribution >= 4 is 35.0 Å². The highest BCUT2D eigenvalue weighted by Crippen LogP contribution is 2.35. The summed E-state index contributed by atoms with van der Waals surface area (Å²) in [6.45, 7) is 0.703. The Morgan fingerprint density at radius 2 is 2.03 bits per heavy atom. The van der Waals surface area contributed by atoms with Gasteiger partial charge in [0.25, 0.3) is 5.17 Å². The summed E-state index contributed by atoms with van der Waals surface area (Å²) in [7, 11) is 0. The van der Waals surface area contributed by atoms with Gasteiger partial charge in [0.1, 0.15) is 0 Å². The summed E-state index contributed by atoms with van der Waals surface area (Å²) in [6, 6.07) is 7.43. The Bertz CT molecular complexity index is 714. The van der Waals surface area contributed by atoms with Crippen LogP contribution in [0.25, 0.3) is 0 Å². The van der Waals surface area contributed by atoms with Crippen LogP contribution in [-0.4, -0.2) is 45.3 Å². The van der Waals surface area contributed by atoms with Crippen LogP contribution in [0.3, 0.4) is 0 Å². The molecule has 0 radical (unpaired) electrons. The Morgan fingerprint density at radius 1 is 1.28 bits per heavy atom. The molecule has 1 aliphatic rings. The largest absolute Gasteiger partial charge is 0.481 e. The number of nitrogens with one attached hydrogen (secondary N) is 1. The molecular weight excluding hydrogens is 414 g/mol. The number of ether oxygens (including phenoxy) is 1. The highest BCUT2D eigenvalue weighted by Gasteiger charge is 2.41. The van der Waals surface area contributed by atoms with Crippen molar-refractivity contribution in [1.29, 1.82) is 0 Å². The van der Waals surface area contributed by atoms with E-state index < -0.39 is 18.2 Å². The average molecular weight is 442 g/mol. The zero-order chi connectivity index (χ0) is 21.2. The lowest BCUT2D eigenvalue weighted by Crippen LogP contribution is -2.31. The SMILES string of the molecule is O=C(O)CCC/C=C\C[C@@H]1[C@@H](COC(=S)NCc2cccc(Cl)c2)[C@H](O)C[C@@H]1O. The summed E-state index contributed by atoms with van der Waals surface area (Å²) >= 11 is 11.2. The number of carboxylic acids is 1. The number of thiocarbonyl (C=S) groups is 1. The molecule has 0 unspecified atom stereocenters. The molecule has 0 spiro atoms. The number of aliphatic hydroxyl groups is 2. The van der Waals surface area contributed by atoms with Gasteiger partial charge in [0, 0.05) is 23.9 Å². The van der Waals surface area contributed by atoms with Crippen molar-refractivity contribution in [2.24, 2.45) is 11.8 Å². The number of benzene rings is 1. The summed E-state index contributed by atoms with van der Waals surface area (Å²) in [5, 5.41) is 33.1. The van der Waals surface area contributed by atoms with Crippen LogP contribution in [-0.2, 0) is 16.1 Å². The smallest absolute Gasteiger partial charge is 0.303 e. The molecule has 1 aliphatic carbocycles. The van der Waals surface area contributed by atoms with Gasteiger partial charge in [-0.25, -0.2) is 0 Å². The van der Waals surface area contributed by atoms with Gasteiger partial charge in [-0.05, 0) is 61.5 Å². The summed E-state index contributed by atoms with van der Waals surface area (Å²) in [6.07, 6.45) is 4.94. The first kappa shape index (κ1) is 23.6. The molecule has 2 rings (SSSR count). The molecule has 0 aromatic heterocycles. The number of carboxylic acid groups (broad SMARTS) is 1. The van der Waals surface area contributed by atoms with E-state index in [0.29, 0.717) is 37.3 Å². The minimum Gasteiger partial charge on any atom is -0.481 e. The maximum absolute atomic E-state index is 10.5. The average Bonchev–Trinajstić information content (AvgIpc) is 2.93. The molecule has 1 saturated carbocycles. The fourth-order valence-electron chi connectivity index (χ4n) is 3.52. The number of unbranched alkanes of at least 4 members (excludes halogenated alkanes) is 1. The van der Waals surface area contributed by atoms with E-state index in [-0.39, 0.29) is 30.0 Å². The second kappa shape index (κ2) is 12.1. The molecule has 1 fully saturated rings. The summed E-state index contributed by atoms with van der Waals surface area (Å²) in [4.78, 5) is 10.5. The van der Waals surface area contributed by atoms with E-state index in [1.807, 2.05) is 30.4 Å². The first-order valence-corrected chi connectivity index (χ1v) is 10.5. The fraction of sp³-hybridized carbons (Fsp3) is 0.524. The molecule has 0 bridgehead atoms. The second-order valence-electron chi connectivity index (χ2n) is 7.27. The molecule has 4 atom stereocenters. The van der Waals surface area contributed by atoms with Crippen LogP contribution < -0.4 is 5.32 Å². The molecule has 160 valence electrons. The Hall–Kier alpha value is -1.67. The number of aliphatic carboxylic acids is 1. The number of carbonyl (C=O) groups is 1. The quantitative estimate of drug-likeness (QED) is 0.251. The number of hydrogen-bond donors (Lipinski definition) is 4. The van der Waals surface area contributed by atoms with Crippen molar-refractivity contribution in [2.45, 2.75) is 50.9 Å². The van der Waals surface area contributed by atoms with E-state index in [9.17, 15) is 15.0 Å². The Kier molecular flexibility index (Phi) is 9.87. The molecule has 29 heavy (non-hydrogen) atoms. The zero-order valence-electron chi connectivity index (χ0n) is 16.2. The van der Waals surface area contributed by atoms with Crippen LogP contribution in [0.5, 0.6) is 0 Å². The molecule has 0 saturated heterocycles. The van der Waals surface area contributed by atoms with Crippen LogP contribution in [0, 0.1) is 11.8 Å². The zero-order valence-corrected chi connectivity index (χ0v) is 17.7. The summed E-state index contributed by atoms with van der Waals surface area (Å²) in [5.41, 5.74) is 0.977. The van der Waals surface area contributed by atoms with Crippen LogP contribution >= 0.6 is 23.8 Å². The standard InChI is InChI=1S/C21H28ClNO5S/c22-15-7-5-6-14(10-15)12-23-21(29)28-13-17-16(18(24)11-19(17)25)8-3-1-2-4-9-20(26)27/h1,3,5-7,10,16-19,24-25H,2,4,8-9,11-13H2,(H,23,29)(H,26,27)/b3-1-/t16-,17-,18+,19-/m1/s1. The van der Waals surface area contributed by atoms with Crippen LogP contribution in [0.1, 0.15) is 37.7 Å².